The number of aromatic nitrogens is 4. The summed E-state index contributed by atoms with van der Waals surface area (Å²) in [5.41, 5.74) is 12.3. The fourth-order valence-corrected chi connectivity index (χ4v) is 7.89. The number of benzene rings is 7. The first kappa shape index (κ1) is 27.1. The van der Waals surface area contributed by atoms with Gasteiger partial charge in [0.15, 0.2) is 17.5 Å². The molecule has 0 bridgehead atoms. The fourth-order valence-electron chi connectivity index (χ4n) is 7.89. The van der Waals surface area contributed by atoms with E-state index in [9.17, 15) is 0 Å². The molecule has 232 valence electrons. The van der Waals surface area contributed by atoms with Gasteiger partial charge in [-0.1, -0.05) is 133 Å². The first-order valence-corrected chi connectivity index (χ1v) is 16.8. The number of fused-ring (bicyclic) bond motifs is 12. The molecule has 0 fully saturated rings. The summed E-state index contributed by atoms with van der Waals surface area (Å²) in [6.07, 6.45) is 0. The lowest BCUT2D eigenvalue weighted by molar-refractivity contribution is 0.669. The van der Waals surface area contributed by atoms with Gasteiger partial charge in [-0.2, -0.15) is 0 Å². The summed E-state index contributed by atoms with van der Waals surface area (Å²) < 4.78 is 9.14. The van der Waals surface area contributed by atoms with E-state index in [2.05, 4.69) is 89.5 Å². The van der Waals surface area contributed by atoms with Gasteiger partial charge in [-0.15, -0.1) is 0 Å². The van der Waals surface area contributed by atoms with Crippen LogP contribution in [0.2, 0.25) is 0 Å². The lowest BCUT2D eigenvalue weighted by atomic mass is 9.86. The van der Waals surface area contributed by atoms with Crippen LogP contribution in [0.3, 0.4) is 0 Å². The molecule has 5 heteroatoms. The minimum atomic E-state index is 0.592. The Morgan fingerprint density at radius 3 is 1.80 bits per heavy atom. The first-order valence-electron chi connectivity index (χ1n) is 16.8. The molecule has 0 saturated heterocycles. The lowest BCUT2D eigenvalue weighted by Crippen LogP contribution is -2.02. The maximum Gasteiger partial charge on any atom is 0.164 e. The summed E-state index contributed by atoms with van der Waals surface area (Å²) in [7, 11) is 0. The van der Waals surface area contributed by atoms with Gasteiger partial charge in [0.1, 0.15) is 11.2 Å². The highest BCUT2D eigenvalue weighted by atomic mass is 16.3. The van der Waals surface area contributed by atoms with Gasteiger partial charge >= 0.3 is 0 Å². The van der Waals surface area contributed by atoms with E-state index in [0.717, 1.165) is 66.6 Å². The molecule has 11 rings (SSSR count). The van der Waals surface area contributed by atoms with Crippen LogP contribution in [-0.2, 0) is 0 Å². The first-order chi connectivity index (χ1) is 24.8. The van der Waals surface area contributed by atoms with E-state index in [1.165, 1.54) is 21.8 Å². The monoisotopic (exact) mass is 638 g/mol. The predicted molar refractivity (Wildman–Crippen MR) is 202 cm³/mol. The Morgan fingerprint density at radius 1 is 0.420 bits per heavy atom. The summed E-state index contributed by atoms with van der Waals surface area (Å²) in [6.45, 7) is 0. The van der Waals surface area contributed by atoms with Crippen molar-refractivity contribution in [2.24, 2.45) is 0 Å². The zero-order valence-electron chi connectivity index (χ0n) is 26.7. The highest BCUT2D eigenvalue weighted by Gasteiger charge is 2.31. The molecule has 50 heavy (non-hydrogen) atoms. The van der Waals surface area contributed by atoms with Crippen molar-refractivity contribution in [3.05, 3.63) is 158 Å². The smallest absolute Gasteiger partial charge is 0.164 e. The molecule has 4 heterocycles. The predicted octanol–water partition coefficient (Wildman–Crippen LogP) is 11.5. The second-order valence-corrected chi connectivity index (χ2v) is 12.8. The van der Waals surface area contributed by atoms with Gasteiger partial charge in [0.05, 0.1) is 16.7 Å². The Morgan fingerprint density at radius 2 is 1.02 bits per heavy atom. The van der Waals surface area contributed by atoms with Gasteiger partial charge in [0.2, 0.25) is 0 Å². The molecular formula is C45H26N4O. The maximum absolute atomic E-state index is 6.70. The molecule has 0 radical (unpaired) electrons. The van der Waals surface area contributed by atoms with Crippen LogP contribution in [0.1, 0.15) is 0 Å². The molecule has 7 aromatic carbocycles. The van der Waals surface area contributed by atoms with Crippen molar-refractivity contribution in [2.45, 2.75) is 0 Å². The molecule has 0 amide bonds. The minimum absolute atomic E-state index is 0.592. The van der Waals surface area contributed by atoms with Crippen molar-refractivity contribution < 1.29 is 4.42 Å². The van der Waals surface area contributed by atoms with Gasteiger partial charge in [0, 0.05) is 60.5 Å². The average molecular weight is 639 g/mol. The SMILES string of the molecule is c1ccc(-c2nc(-c3ccccc3)nc(-c3cc4oc5ccccc5c4c4c3-c3ccccc3-n3c5ccccc5c5cccc-4c53)n2)cc1. The topological polar surface area (TPSA) is 56.7 Å². The van der Waals surface area contributed by atoms with E-state index in [4.69, 9.17) is 19.4 Å². The van der Waals surface area contributed by atoms with Crippen LogP contribution < -0.4 is 0 Å². The van der Waals surface area contributed by atoms with Crippen LogP contribution in [0.15, 0.2) is 162 Å². The van der Waals surface area contributed by atoms with E-state index in [1.54, 1.807) is 0 Å². The van der Waals surface area contributed by atoms with Crippen LogP contribution in [-0.4, -0.2) is 19.5 Å². The van der Waals surface area contributed by atoms with E-state index in [-0.39, 0.29) is 0 Å². The zero-order valence-corrected chi connectivity index (χ0v) is 26.7. The number of hydrogen-bond acceptors (Lipinski definition) is 4. The summed E-state index contributed by atoms with van der Waals surface area (Å²) in [5.74, 6) is 1.83. The summed E-state index contributed by atoms with van der Waals surface area (Å²) in [6, 6.07) is 54.8. The molecule has 0 saturated carbocycles. The largest absolute Gasteiger partial charge is 0.456 e. The highest BCUT2D eigenvalue weighted by molar-refractivity contribution is 6.25. The molecule has 0 spiro atoms. The molecule has 0 N–H and O–H groups in total. The van der Waals surface area contributed by atoms with Crippen molar-refractivity contribution in [2.75, 3.05) is 0 Å². The number of rotatable bonds is 3. The van der Waals surface area contributed by atoms with Crippen molar-refractivity contribution in [1.82, 2.24) is 19.5 Å². The molecule has 0 unspecified atom stereocenters. The second kappa shape index (κ2) is 10.3. The Hall–Kier alpha value is -6.85. The minimum Gasteiger partial charge on any atom is -0.456 e. The Labute approximate surface area is 286 Å². The number of para-hydroxylation sites is 4. The van der Waals surface area contributed by atoms with Crippen molar-refractivity contribution in [3.8, 4) is 62.1 Å². The van der Waals surface area contributed by atoms with Crippen LogP contribution in [0.4, 0.5) is 0 Å². The standard InChI is InChI=1S/C45H26N4O/c1-3-14-27(15-4-1)43-46-44(28-16-5-2-6-17-28)48-45(47-43)34-26-38-40(32-20-9-12-25-37(32)50-38)41-33-22-13-21-30-29-18-7-10-23-35(29)49(42(30)33)36-24-11-8-19-31(36)39(34)41/h1-26H. The molecular weight excluding hydrogens is 613 g/mol. The third-order valence-electron chi connectivity index (χ3n) is 9.99. The van der Waals surface area contributed by atoms with Crippen molar-refractivity contribution in [1.29, 1.82) is 0 Å². The van der Waals surface area contributed by atoms with E-state index in [1.807, 2.05) is 72.8 Å². The number of nitrogens with zero attached hydrogens (tertiary/aromatic N) is 4. The molecule has 0 atom stereocenters. The molecule has 3 aromatic heterocycles. The lowest BCUT2D eigenvalue weighted by Gasteiger charge is -2.18. The van der Waals surface area contributed by atoms with Crippen molar-refractivity contribution in [3.63, 3.8) is 0 Å². The van der Waals surface area contributed by atoms with Gasteiger partial charge < -0.3 is 8.98 Å². The Balaban J connectivity index is 1.35. The number of hydrogen-bond donors (Lipinski definition) is 0. The third-order valence-corrected chi connectivity index (χ3v) is 9.99. The summed E-state index contributed by atoms with van der Waals surface area (Å²) in [4.78, 5) is 15.5. The van der Waals surface area contributed by atoms with Gasteiger partial charge in [-0.05, 0) is 24.3 Å². The zero-order chi connectivity index (χ0) is 32.8. The summed E-state index contributed by atoms with van der Waals surface area (Å²) >= 11 is 0. The van der Waals surface area contributed by atoms with E-state index >= 15 is 0 Å². The highest BCUT2D eigenvalue weighted by Crippen LogP contribution is 2.53. The molecule has 0 aliphatic carbocycles. The van der Waals surface area contributed by atoms with Crippen LogP contribution in [0.5, 0.6) is 0 Å². The molecule has 1 aliphatic heterocycles. The Bertz CT molecular complexity index is 2920. The molecule has 10 aromatic rings. The van der Waals surface area contributed by atoms with E-state index < -0.39 is 0 Å². The van der Waals surface area contributed by atoms with Crippen LogP contribution >= 0.6 is 0 Å². The van der Waals surface area contributed by atoms with Crippen molar-refractivity contribution >= 4 is 43.7 Å². The molecule has 5 nitrogen and oxygen atoms in total. The van der Waals surface area contributed by atoms with Crippen LogP contribution in [0, 0.1) is 0 Å². The third kappa shape index (κ3) is 3.80. The van der Waals surface area contributed by atoms with E-state index in [0.29, 0.717) is 17.5 Å². The second-order valence-electron chi connectivity index (χ2n) is 12.8. The van der Waals surface area contributed by atoms with Gasteiger partial charge in [-0.25, -0.2) is 15.0 Å². The fraction of sp³-hybridized carbons (Fsp3) is 0. The average Bonchev–Trinajstić information content (AvgIpc) is 3.69. The van der Waals surface area contributed by atoms with Gasteiger partial charge in [-0.3, -0.25) is 0 Å². The Kier molecular flexibility index (Phi) is 5.60. The molecule has 1 aliphatic rings. The van der Waals surface area contributed by atoms with Crippen LogP contribution in [0.25, 0.3) is 106 Å². The normalized spacial score (nSPS) is 12.0. The quantitative estimate of drug-likeness (QED) is 0.193. The number of furan rings is 1. The summed E-state index contributed by atoms with van der Waals surface area (Å²) in [5, 5.41) is 4.60. The van der Waals surface area contributed by atoms with Gasteiger partial charge in [0.25, 0.3) is 0 Å². The maximum atomic E-state index is 6.70.